The summed E-state index contributed by atoms with van der Waals surface area (Å²) in [6.45, 7) is 3.82. The molecule has 2 aromatic carbocycles. The Bertz CT molecular complexity index is 983. The third-order valence-electron chi connectivity index (χ3n) is 6.37. The number of carbonyl (C=O) groups excluding carboxylic acids is 2. The number of anilines is 2. The second-order valence-corrected chi connectivity index (χ2v) is 8.92. The molecule has 1 saturated carbocycles. The molecule has 0 spiro atoms. The van der Waals surface area contributed by atoms with Crippen LogP contribution in [0.25, 0.3) is 11.1 Å². The standard InChI is InChI=1S/C26H34N4O3/c1-33-26(32)28-23-17-22(10-11-24(23)29-13-2-3-14-29)21-7-4-6-19(16-21)18-30(15-5-12-27)25(31)20-8-9-20/h4,6-7,10-11,16-17,20H,2-3,5,8-9,12-15,18,27H2,1H3,(H,28,32). The van der Waals surface area contributed by atoms with Crippen LogP contribution in [-0.2, 0) is 16.1 Å². The van der Waals surface area contributed by atoms with E-state index < -0.39 is 6.09 Å². The summed E-state index contributed by atoms with van der Waals surface area (Å²) in [6, 6.07) is 14.4. The summed E-state index contributed by atoms with van der Waals surface area (Å²) in [5.41, 5.74) is 10.6. The lowest BCUT2D eigenvalue weighted by molar-refractivity contribution is -0.133. The van der Waals surface area contributed by atoms with Crippen LogP contribution in [-0.4, -0.2) is 50.2 Å². The fraction of sp³-hybridized carbons (Fsp3) is 0.462. The van der Waals surface area contributed by atoms with Crippen LogP contribution in [0.5, 0.6) is 0 Å². The normalized spacial score (nSPS) is 15.4. The minimum atomic E-state index is -0.476. The van der Waals surface area contributed by atoms with Gasteiger partial charge in [-0.15, -0.1) is 0 Å². The van der Waals surface area contributed by atoms with Crippen LogP contribution in [0, 0.1) is 5.92 Å². The number of nitrogens with two attached hydrogens (primary N) is 1. The van der Waals surface area contributed by atoms with E-state index in [1.807, 2.05) is 17.0 Å². The van der Waals surface area contributed by atoms with E-state index in [9.17, 15) is 9.59 Å². The number of hydrogen-bond donors (Lipinski definition) is 2. The molecule has 3 N–H and O–H groups in total. The second kappa shape index (κ2) is 10.7. The van der Waals surface area contributed by atoms with E-state index in [-0.39, 0.29) is 11.8 Å². The van der Waals surface area contributed by atoms with Gasteiger partial charge >= 0.3 is 6.09 Å². The number of rotatable bonds is 9. The number of methoxy groups -OCH3 is 1. The van der Waals surface area contributed by atoms with Crippen molar-refractivity contribution in [3.05, 3.63) is 48.0 Å². The fourth-order valence-electron chi connectivity index (χ4n) is 4.42. The Morgan fingerprint density at radius 3 is 2.58 bits per heavy atom. The van der Waals surface area contributed by atoms with Crippen molar-refractivity contribution >= 4 is 23.4 Å². The zero-order valence-corrected chi connectivity index (χ0v) is 19.4. The van der Waals surface area contributed by atoms with Gasteiger partial charge < -0.3 is 20.3 Å². The van der Waals surface area contributed by atoms with E-state index in [4.69, 9.17) is 10.5 Å². The lowest BCUT2D eigenvalue weighted by atomic mass is 10.0. The first kappa shape index (κ1) is 23.1. The quantitative estimate of drug-likeness (QED) is 0.597. The lowest BCUT2D eigenvalue weighted by Gasteiger charge is -2.23. The summed E-state index contributed by atoms with van der Waals surface area (Å²) in [6.07, 6.45) is 4.63. The lowest BCUT2D eigenvalue weighted by Crippen LogP contribution is -2.33. The number of ether oxygens (including phenoxy) is 1. The maximum Gasteiger partial charge on any atom is 0.411 e. The van der Waals surface area contributed by atoms with Crippen LogP contribution in [0.3, 0.4) is 0 Å². The van der Waals surface area contributed by atoms with E-state index in [1.165, 1.54) is 7.11 Å². The van der Waals surface area contributed by atoms with Gasteiger partial charge in [0.1, 0.15) is 0 Å². The molecule has 0 bridgehead atoms. The van der Waals surface area contributed by atoms with Gasteiger partial charge in [0.2, 0.25) is 5.91 Å². The average molecular weight is 451 g/mol. The first-order valence-electron chi connectivity index (χ1n) is 11.9. The molecule has 4 rings (SSSR count). The van der Waals surface area contributed by atoms with E-state index in [0.717, 1.165) is 73.3 Å². The molecule has 2 fully saturated rings. The number of nitrogens with one attached hydrogen (secondary N) is 1. The SMILES string of the molecule is COC(=O)Nc1cc(-c2cccc(CN(CCCN)C(=O)C3CC3)c2)ccc1N1CCCC1. The molecule has 7 heteroatoms. The van der Waals surface area contributed by atoms with Gasteiger partial charge in [0.05, 0.1) is 18.5 Å². The smallest absolute Gasteiger partial charge is 0.411 e. The third-order valence-corrected chi connectivity index (χ3v) is 6.37. The highest BCUT2D eigenvalue weighted by Crippen LogP contribution is 2.35. The summed E-state index contributed by atoms with van der Waals surface area (Å²) in [5, 5.41) is 2.88. The van der Waals surface area contributed by atoms with Gasteiger partial charge in [-0.2, -0.15) is 0 Å². The second-order valence-electron chi connectivity index (χ2n) is 8.92. The topological polar surface area (TPSA) is 87.9 Å². The van der Waals surface area contributed by atoms with Gasteiger partial charge in [0, 0.05) is 32.1 Å². The molecule has 0 radical (unpaired) electrons. The predicted molar refractivity (Wildman–Crippen MR) is 131 cm³/mol. The summed E-state index contributed by atoms with van der Waals surface area (Å²) < 4.78 is 4.84. The van der Waals surface area contributed by atoms with Crippen LogP contribution in [0.15, 0.2) is 42.5 Å². The Balaban J connectivity index is 1.58. The maximum atomic E-state index is 12.7. The van der Waals surface area contributed by atoms with Crippen LogP contribution in [0.4, 0.5) is 16.2 Å². The average Bonchev–Trinajstić information content (AvgIpc) is 3.55. The molecule has 2 amide bonds. The van der Waals surface area contributed by atoms with E-state index in [2.05, 4.69) is 40.5 Å². The zero-order chi connectivity index (χ0) is 23.2. The zero-order valence-electron chi connectivity index (χ0n) is 19.4. The van der Waals surface area contributed by atoms with Gasteiger partial charge in [-0.1, -0.05) is 24.3 Å². The monoisotopic (exact) mass is 450 g/mol. The van der Waals surface area contributed by atoms with Crippen molar-refractivity contribution < 1.29 is 14.3 Å². The van der Waals surface area contributed by atoms with Crippen molar-refractivity contribution in [3.8, 4) is 11.1 Å². The summed E-state index contributed by atoms with van der Waals surface area (Å²) in [4.78, 5) is 29.0. The molecule has 1 saturated heterocycles. The van der Waals surface area contributed by atoms with Crippen LogP contribution >= 0.6 is 0 Å². The first-order chi connectivity index (χ1) is 16.1. The summed E-state index contributed by atoms with van der Waals surface area (Å²) in [7, 11) is 1.37. The highest BCUT2D eigenvalue weighted by atomic mass is 16.5. The van der Waals surface area contributed by atoms with Crippen molar-refractivity contribution in [1.29, 1.82) is 0 Å². The number of benzene rings is 2. The molecule has 0 atom stereocenters. The molecular weight excluding hydrogens is 416 g/mol. The van der Waals surface area contributed by atoms with Gasteiger partial charge in [0.25, 0.3) is 0 Å². The van der Waals surface area contributed by atoms with Gasteiger partial charge in [0.15, 0.2) is 0 Å². The minimum Gasteiger partial charge on any atom is -0.453 e. The van der Waals surface area contributed by atoms with E-state index >= 15 is 0 Å². The molecule has 176 valence electrons. The molecule has 1 aliphatic heterocycles. The number of carbonyl (C=O) groups is 2. The first-order valence-corrected chi connectivity index (χ1v) is 11.9. The van der Waals surface area contributed by atoms with E-state index in [1.54, 1.807) is 0 Å². The molecule has 1 aliphatic carbocycles. The van der Waals surface area contributed by atoms with Gasteiger partial charge in [-0.3, -0.25) is 10.1 Å². The molecule has 0 unspecified atom stereocenters. The Labute approximate surface area is 195 Å². The highest BCUT2D eigenvalue weighted by molar-refractivity contribution is 5.91. The largest absolute Gasteiger partial charge is 0.453 e. The van der Waals surface area contributed by atoms with Gasteiger partial charge in [-0.05, 0) is 73.5 Å². The number of nitrogens with zero attached hydrogens (tertiary/aromatic N) is 2. The molecule has 7 nitrogen and oxygen atoms in total. The molecule has 0 aromatic heterocycles. The Morgan fingerprint density at radius 1 is 1.12 bits per heavy atom. The molecular formula is C26H34N4O3. The minimum absolute atomic E-state index is 0.191. The van der Waals surface area contributed by atoms with Crippen molar-refractivity contribution in [1.82, 2.24) is 4.90 Å². The van der Waals surface area contributed by atoms with Crippen molar-refractivity contribution in [2.24, 2.45) is 11.7 Å². The Morgan fingerprint density at radius 2 is 1.88 bits per heavy atom. The maximum absolute atomic E-state index is 12.7. The van der Waals surface area contributed by atoms with Gasteiger partial charge in [-0.25, -0.2) is 4.79 Å². The highest BCUT2D eigenvalue weighted by Gasteiger charge is 2.33. The Kier molecular flexibility index (Phi) is 7.50. The Hall–Kier alpha value is -3.06. The summed E-state index contributed by atoms with van der Waals surface area (Å²) >= 11 is 0. The number of hydrogen-bond acceptors (Lipinski definition) is 5. The predicted octanol–water partition coefficient (Wildman–Crippen LogP) is 4.22. The number of amides is 2. The molecule has 1 heterocycles. The van der Waals surface area contributed by atoms with Crippen LogP contribution in [0.1, 0.15) is 37.7 Å². The van der Waals surface area contributed by atoms with Crippen molar-refractivity contribution in [3.63, 3.8) is 0 Å². The molecule has 2 aromatic rings. The van der Waals surface area contributed by atoms with Crippen molar-refractivity contribution in [2.75, 3.05) is 43.5 Å². The fourth-order valence-corrected chi connectivity index (χ4v) is 4.42. The summed E-state index contributed by atoms with van der Waals surface area (Å²) in [5.74, 6) is 0.435. The molecule has 2 aliphatic rings. The van der Waals surface area contributed by atoms with E-state index in [0.29, 0.717) is 19.6 Å². The van der Waals surface area contributed by atoms with Crippen molar-refractivity contribution in [2.45, 2.75) is 38.6 Å². The van der Waals surface area contributed by atoms with Crippen LogP contribution in [0.2, 0.25) is 0 Å². The van der Waals surface area contributed by atoms with Crippen LogP contribution < -0.4 is 16.0 Å². The third kappa shape index (κ3) is 5.85. The molecule has 33 heavy (non-hydrogen) atoms.